The molecule has 0 saturated carbocycles. The topological polar surface area (TPSA) is 63.6 Å². The summed E-state index contributed by atoms with van der Waals surface area (Å²) >= 11 is 0. The van der Waals surface area contributed by atoms with Gasteiger partial charge in [-0.2, -0.15) is 10.4 Å². The molecule has 0 spiro atoms. The average Bonchev–Trinajstić information content (AvgIpc) is 2.75. The van der Waals surface area contributed by atoms with E-state index in [1.165, 1.54) is 0 Å². The summed E-state index contributed by atoms with van der Waals surface area (Å²) in [6.07, 6.45) is 0. The third-order valence-corrected chi connectivity index (χ3v) is 3.12. The predicted molar refractivity (Wildman–Crippen MR) is 71.9 cm³/mol. The molecule has 0 unspecified atom stereocenters. The van der Waals surface area contributed by atoms with Crippen molar-refractivity contribution in [1.82, 2.24) is 14.3 Å². The Morgan fingerprint density at radius 2 is 2.11 bits per heavy atom. The van der Waals surface area contributed by atoms with Gasteiger partial charge in [-0.25, -0.2) is 0 Å². The number of aryl methyl sites for hydroxylation is 3. The third kappa shape index (κ3) is 2.43. The molecule has 0 bridgehead atoms. The Morgan fingerprint density at radius 1 is 1.37 bits per heavy atom. The van der Waals surface area contributed by atoms with Gasteiger partial charge in [0.1, 0.15) is 11.6 Å². The van der Waals surface area contributed by atoms with Gasteiger partial charge in [0.15, 0.2) is 0 Å². The largest absolute Gasteiger partial charge is 0.306 e. The molecule has 0 saturated heterocycles. The predicted octanol–water partition coefficient (Wildman–Crippen LogP) is 1.60. The summed E-state index contributed by atoms with van der Waals surface area (Å²) in [6.45, 7) is 7.00. The number of rotatable bonds is 3. The van der Waals surface area contributed by atoms with E-state index >= 15 is 0 Å². The Balaban J connectivity index is 2.49. The summed E-state index contributed by atoms with van der Waals surface area (Å²) < 4.78 is 3.49. The number of nitriles is 1. The van der Waals surface area contributed by atoms with E-state index in [-0.39, 0.29) is 11.1 Å². The van der Waals surface area contributed by atoms with E-state index < -0.39 is 0 Å². The van der Waals surface area contributed by atoms with E-state index in [1.54, 1.807) is 16.7 Å². The van der Waals surface area contributed by atoms with Gasteiger partial charge in [0, 0.05) is 12.2 Å². The highest BCUT2D eigenvalue weighted by Gasteiger charge is 2.10. The average molecular weight is 256 g/mol. The highest BCUT2D eigenvalue weighted by molar-refractivity contribution is 5.28. The SMILES string of the molecule is CCn1nc(C)cc1Cn1c(C)ccc(C#N)c1=O. The molecule has 0 aliphatic carbocycles. The molecule has 5 heteroatoms. The minimum atomic E-state index is -0.246. The van der Waals surface area contributed by atoms with Gasteiger partial charge in [-0.3, -0.25) is 9.48 Å². The second-order valence-corrected chi connectivity index (χ2v) is 4.48. The van der Waals surface area contributed by atoms with Gasteiger partial charge in [-0.1, -0.05) is 0 Å². The first kappa shape index (κ1) is 13.1. The summed E-state index contributed by atoms with van der Waals surface area (Å²) in [6, 6.07) is 7.25. The summed E-state index contributed by atoms with van der Waals surface area (Å²) in [4.78, 5) is 12.1. The van der Waals surface area contributed by atoms with Crippen LogP contribution in [0, 0.1) is 25.2 Å². The van der Waals surface area contributed by atoms with E-state index in [2.05, 4.69) is 5.10 Å². The highest BCUT2D eigenvalue weighted by Crippen LogP contribution is 2.07. The second-order valence-electron chi connectivity index (χ2n) is 4.48. The molecule has 0 aliphatic rings. The van der Waals surface area contributed by atoms with Gasteiger partial charge in [-0.05, 0) is 39.0 Å². The van der Waals surface area contributed by atoms with Crippen molar-refractivity contribution in [2.45, 2.75) is 33.9 Å². The smallest absolute Gasteiger partial charge is 0.269 e. The highest BCUT2D eigenvalue weighted by atomic mass is 16.1. The number of nitrogens with zero attached hydrogens (tertiary/aromatic N) is 4. The van der Waals surface area contributed by atoms with Crippen molar-refractivity contribution in [3.05, 3.63) is 51.2 Å². The maximum absolute atomic E-state index is 12.1. The van der Waals surface area contributed by atoms with Gasteiger partial charge >= 0.3 is 0 Å². The monoisotopic (exact) mass is 256 g/mol. The van der Waals surface area contributed by atoms with E-state index in [1.807, 2.05) is 37.6 Å². The van der Waals surface area contributed by atoms with Crippen molar-refractivity contribution >= 4 is 0 Å². The van der Waals surface area contributed by atoms with Gasteiger partial charge < -0.3 is 4.57 Å². The number of aromatic nitrogens is 3. The molecule has 0 N–H and O–H groups in total. The lowest BCUT2D eigenvalue weighted by Crippen LogP contribution is -2.26. The molecule has 2 heterocycles. The van der Waals surface area contributed by atoms with Crippen LogP contribution in [0.4, 0.5) is 0 Å². The van der Waals surface area contributed by atoms with Crippen molar-refractivity contribution in [3.8, 4) is 6.07 Å². The van der Waals surface area contributed by atoms with Gasteiger partial charge in [0.25, 0.3) is 5.56 Å². The molecule has 0 radical (unpaired) electrons. The van der Waals surface area contributed by atoms with Crippen molar-refractivity contribution < 1.29 is 0 Å². The van der Waals surface area contributed by atoms with Crippen LogP contribution in [0.2, 0.25) is 0 Å². The first-order valence-corrected chi connectivity index (χ1v) is 6.20. The van der Waals surface area contributed by atoms with Gasteiger partial charge in [0.2, 0.25) is 0 Å². The molecule has 0 aliphatic heterocycles. The zero-order valence-corrected chi connectivity index (χ0v) is 11.3. The molecule has 0 atom stereocenters. The first-order valence-electron chi connectivity index (χ1n) is 6.20. The lowest BCUT2D eigenvalue weighted by atomic mass is 10.2. The zero-order chi connectivity index (χ0) is 14.0. The van der Waals surface area contributed by atoms with Crippen LogP contribution in [0.3, 0.4) is 0 Å². The Kier molecular flexibility index (Phi) is 3.52. The van der Waals surface area contributed by atoms with Crippen molar-refractivity contribution in [3.63, 3.8) is 0 Å². The molecule has 2 rings (SSSR count). The molecule has 2 aromatic rings. The van der Waals surface area contributed by atoms with Crippen LogP contribution in [0.5, 0.6) is 0 Å². The molecular formula is C14H16N4O. The zero-order valence-electron chi connectivity index (χ0n) is 11.3. The standard InChI is InChI=1S/C14H16N4O/c1-4-18-13(7-10(2)16-18)9-17-11(3)5-6-12(8-15)14(17)19/h5-7H,4,9H2,1-3H3. The van der Waals surface area contributed by atoms with E-state index in [4.69, 9.17) is 5.26 Å². The van der Waals surface area contributed by atoms with E-state index in [0.717, 1.165) is 23.6 Å². The number of pyridine rings is 1. The molecule has 19 heavy (non-hydrogen) atoms. The molecule has 5 nitrogen and oxygen atoms in total. The molecule has 0 fully saturated rings. The second kappa shape index (κ2) is 5.11. The maximum atomic E-state index is 12.1. The Bertz CT molecular complexity index is 703. The van der Waals surface area contributed by atoms with Crippen LogP contribution in [0.15, 0.2) is 23.0 Å². The van der Waals surface area contributed by atoms with Crippen LogP contribution < -0.4 is 5.56 Å². The summed E-state index contributed by atoms with van der Waals surface area (Å²) in [5, 5.41) is 13.3. The minimum absolute atomic E-state index is 0.171. The molecular weight excluding hydrogens is 240 g/mol. The lowest BCUT2D eigenvalue weighted by Gasteiger charge is -2.11. The summed E-state index contributed by atoms with van der Waals surface area (Å²) in [5.74, 6) is 0. The molecule has 0 aromatic carbocycles. The number of hydrogen-bond donors (Lipinski definition) is 0. The molecule has 2 aromatic heterocycles. The van der Waals surface area contributed by atoms with Crippen LogP contribution >= 0.6 is 0 Å². The third-order valence-electron chi connectivity index (χ3n) is 3.12. The lowest BCUT2D eigenvalue weighted by molar-refractivity contribution is 0.586. The first-order chi connectivity index (χ1) is 9.06. The fraction of sp³-hybridized carbons (Fsp3) is 0.357. The van der Waals surface area contributed by atoms with Crippen molar-refractivity contribution in [2.75, 3.05) is 0 Å². The normalized spacial score (nSPS) is 10.4. The Morgan fingerprint density at radius 3 is 2.74 bits per heavy atom. The van der Waals surface area contributed by atoms with Crippen LogP contribution in [-0.2, 0) is 13.1 Å². The summed E-state index contributed by atoms with van der Waals surface area (Å²) in [7, 11) is 0. The molecule has 0 amide bonds. The maximum Gasteiger partial charge on any atom is 0.269 e. The fourth-order valence-corrected chi connectivity index (χ4v) is 2.11. The van der Waals surface area contributed by atoms with Gasteiger partial charge in [-0.15, -0.1) is 0 Å². The minimum Gasteiger partial charge on any atom is -0.306 e. The van der Waals surface area contributed by atoms with Crippen LogP contribution in [-0.4, -0.2) is 14.3 Å². The van der Waals surface area contributed by atoms with Gasteiger partial charge in [0.05, 0.1) is 17.9 Å². The van der Waals surface area contributed by atoms with Crippen LogP contribution in [0.25, 0.3) is 0 Å². The Hall–Kier alpha value is -2.35. The molecule has 98 valence electrons. The quantitative estimate of drug-likeness (QED) is 0.838. The van der Waals surface area contributed by atoms with Crippen LogP contribution in [0.1, 0.15) is 29.6 Å². The number of hydrogen-bond acceptors (Lipinski definition) is 3. The van der Waals surface area contributed by atoms with Crippen molar-refractivity contribution in [2.24, 2.45) is 0 Å². The summed E-state index contributed by atoms with van der Waals surface area (Å²) in [5.41, 5.74) is 2.67. The van der Waals surface area contributed by atoms with E-state index in [9.17, 15) is 4.79 Å². The van der Waals surface area contributed by atoms with Crippen molar-refractivity contribution in [1.29, 1.82) is 5.26 Å². The van der Waals surface area contributed by atoms with E-state index in [0.29, 0.717) is 6.54 Å². The Labute approximate surface area is 111 Å². The fourth-order valence-electron chi connectivity index (χ4n) is 2.11.